The van der Waals surface area contributed by atoms with Crippen molar-refractivity contribution in [2.75, 3.05) is 6.54 Å². The Morgan fingerprint density at radius 1 is 1.40 bits per heavy atom. The number of carbonyl (C=O) groups is 1. The average molecular weight is 343 g/mol. The van der Waals surface area contributed by atoms with Gasteiger partial charge in [0.2, 0.25) is 0 Å². The highest BCUT2D eigenvalue weighted by Crippen LogP contribution is 2.69. The Balaban J connectivity index is 1.68. The molecule has 1 amide bonds. The third-order valence-corrected chi connectivity index (χ3v) is 6.69. The predicted octanol–water partition coefficient (Wildman–Crippen LogP) is 4.24. The molecule has 3 aliphatic carbocycles. The van der Waals surface area contributed by atoms with Gasteiger partial charge in [-0.3, -0.25) is 0 Å². The molecular formula is C21H29NO3. The molecule has 1 spiro atoms. The maximum atomic E-state index is 12.8. The van der Waals surface area contributed by atoms with Gasteiger partial charge in [0.1, 0.15) is 11.4 Å². The molecule has 0 heterocycles. The highest BCUT2D eigenvalue weighted by atomic mass is 16.6. The number of hydrogen-bond acceptors (Lipinski definition) is 3. The van der Waals surface area contributed by atoms with Crippen molar-refractivity contribution in [3.63, 3.8) is 0 Å². The van der Waals surface area contributed by atoms with Gasteiger partial charge in [0.15, 0.2) is 0 Å². The molecule has 1 aromatic carbocycles. The van der Waals surface area contributed by atoms with E-state index >= 15 is 0 Å². The van der Waals surface area contributed by atoms with Crippen molar-refractivity contribution in [1.29, 1.82) is 0 Å². The quantitative estimate of drug-likeness (QED) is 0.874. The van der Waals surface area contributed by atoms with E-state index in [1.807, 2.05) is 38.7 Å². The van der Waals surface area contributed by atoms with Gasteiger partial charge in [0.05, 0.1) is 0 Å². The molecule has 0 bridgehead atoms. The van der Waals surface area contributed by atoms with Crippen LogP contribution in [-0.4, -0.2) is 34.3 Å². The summed E-state index contributed by atoms with van der Waals surface area (Å²) in [5.41, 5.74) is 2.35. The number of ether oxygens (including phenoxy) is 1. The number of amides is 1. The lowest BCUT2D eigenvalue weighted by atomic mass is 9.36. The summed E-state index contributed by atoms with van der Waals surface area (Å²) in [4.78, 5) is 14.7. The first-order chi connectivity index (χ1) is 11.8. The second-order valence-electron chi connectivity index (χ2n) is 9.00. The summed E-state index contributed by atoms with van der Waals surface area (Å²) in [6.45, 7) is 8.48. The van der Waals surface area contributed by atoms with Crippen LogP contribution in [0.5, 0.6) is 5.75 Å². The summed E-state index contributed by atoms with van der Waals surface area (Å²) in [5, 5.41) is 9.99. The molecule has 4 rings (SSSR count). The minimum atomic E-state index is -0.473. The second-order valence-corrected chi connectivity index (χ2v) is 9.00. The summed E-state index contributed by atoms with van der Waals surface area (Å²) in [6, 6.07) is 6.02. The fraction of sp³-hybridized carbons (Fsp3) is 0.667. The first kappa shape index (κ1) is 16.7. The van der Waals surface area contributed by atoms with Crippen LogP contribution in [-0.2, 0) is 16.6 Å². The molecule has 1 unspecified atom stereocenters. The number of fused-ring (bicyclic) bond motifs is 1. The topological polar surface area (TPSA) is 49.8 Å². The van der Waals surface area contributed by atoms with E-state index in [9.17, 15) is 9.90 Å². The van der Waals surface area contributed by atoms with Crippen molar-refractivity contribution in [3.05, 3.63) is 29.3 Å². The number of phenolic OH excluding ortho intramolecular Hbond substituents is 1. The smallest absolute Gasteiger partial charge is 0.410 e. The molecule has 4 nitrogen and oxygen atoms in total. The third-order valence-electron chi connectivity index (χ3n) is 6.69. The largest absolute Gasteiger partial charge is 0.508 e. The number of benzene rings is 1. The van der Waals surface area contributed by atoms with E-state index in [-0.39, 0.29) is 17.6 Å². The number of rotatable bonds is 2. The second kappa shape index (κ2) is 5.39. The van der Waals surface area contributed by atoms with Gasteiger partial charge in [-0.2, -0.15) is 0 Å². The third kappa shape index (κ3) is 2.37. The highest BCUT2D eigenvalue weighted by Gasteiger charge is 2.66. The Morgan fingerprint density at radius 2 is 2.16 bits per heavy atom. The van der Waals surface area contributed by atoms with Crippen LogP contribution in [0.15, 0.2) is 18.2 Å². The van der Waals surface area contributed by atoms with E-state index in [0.717, 1.165) is 12.3 Å². The van der Waals surface area contributed by atoms with Crippen molar-refractivity contribution >= 4 is 6.09 Å². The fourth-order valence-corrected chi connectivity index (χ4v) is 5.58. The molecule has 0 saturated heterocycles. The van der Waals surface area contributed by atoms with Crippen LogP contribution in [0.3, 0.4) is 0 Å². The van der Waals surface area contributed by atoms with Gasteiger partial charge < -0.3 is 14.7 Å². The van der Waals surface area contributed by atoms with Gasteiger partial charge in [0.25, 0.3) is 0 Å². The Labute approximate surface area is 150 Å². The molecule has 0 radical (unpaired) electrons. The Bertz CT molecular complexity index is 708. The average Bonchev–Trinajstić information content (AvgIpc) is 2.50. The van der Waals surface area contributed by atoms with E-state index in [2.05, 4.69) is 6.07 Å². The first-order valence-corrected chi connectivity index (χ1v) is 9.58. The molecule has 0 aromatic heterocycles. The number of aromatic hydroxyl groups is 1. The SMILES string of the molecule is CCN(C(=O)OC(C)(C)C)[C@H]1Cc2ccc(O)cc2[C@@]23CCC2C[C@H]13. The lowest BCUT2D eigenvalue weighted by Crippen LogP contribution is -2.69. The van der Waals surface area contributed by atoms with E-state index in [1.54, 1.807) is 6.07 Å². The predicted molar refractivity (Wildman–Crippen MR) is 96.7 cm³/mol. The summed E-state index contributed by atoms with van der Waals surface area (Å²) in [5.74, 6) is 1.58. The molecule has 4 heteroatoms. The number of likely N-dealkylation sites (N-methyl/N-ethyl adjacent to an activating group) is 1. The van der Waals surface area contributed by atoms with Crippen LogP contribution < -0.4 is 0 Å². The van der Waals surface area contributed by atoms with Gasteiger partial charge in [-0.05, 0) is 88.5 Å². The molecule has 136 valence electrons. The zero-order valence-corrected chi connectivity index (χ0v) is 15.7. The molecular weight excluding hydrogens is 314 g/mol. The summed E-state index contributed by atoms with van der Waals surface area (Å²) in [7, 11) is 0. The van der Waals surface area contributed by atoms with E-state index in [0.29, 0.717) is 18.2 Å². The summed E-state index contributed by atoms with van der Waals surface area (Å²) >= 11 is 0. The molecule has 2 saturated carbocycles. The maximum absolute atomic E-state index is 12.8. The minimum absolute atomic E-state index is 0.187. The van der Waals surface area contributed by atoms with Crippen LogP contribution >= 0.6 is 0 Å². The first-order valence-electron chi connectivity index (χ1n) is 9.58. The van der Waals surface area contributed by atoms with Crippen molar-refractivity contribution in [3.8, 4) is 5.75 Å². The zero-order valence-electron chi connectivity index (χ0n) is 15.7. The van der Waals surface area contributed by atoms with E-state index < -0.39 is 5.60 Å². The lowest BCUT2D eigenvalue weighted by Gasteiger charge is -2.69. The van der Waals surface area contributed by atoms with Crippen LogP contribution in [0.1, 0.15) is 58.1 Å². The standard InChI is InChI=1S/C21H29NO3/c1-5-22(19(24)25-20(2,3)4)18-10-13-6-7-15(23)12-16(13)21-9-8-14(21)11-17(18)21/h6-7,12,14,17-18,23H,5,8-11H2,1-4H3/t14?,17-,18+,21-/m1/s1. The van der Waals surface area contributed by atoms with Crippen molar-refractivity contribution < 1.29 is 14.6 Å². The molecule has 0 aliphatic heterocycles. The molecule has 1 aromatic rings. The monoisotopic (exact) mass is 343 g/mol. The summed E-state index contributed by atoms with van der Waals surface area (Å²) in [6.07, 6.45) is 4.32. The van der Waals surface area contributed by atoms with Gasteiger partial charge in [-0.15, -0.1) is 0 Å². The van der Waals surface area contributed by atoms with Crippen LogP contribution in [0.2, 0.25) is 0 Å². The number of hydrogen-bond donors (Lipinski definition) is 1. The zero-order chi connectivity index (χ0) is 18.0. The molecule has 3 aliphatic rings. The van der Waals surface area contributed by atoms with Crippen molar-refractivity contribution in [1.82, 2.24) is 4.90 Å². The maximum Gasteiger partial charge on any atom is 0.410 e. The van der Waals surface area contributed by atoms with Gasteiger partial charge >= 0.3 is 6.09 Å². The lowest BCUT2D eigenvalue weighted by molar-refractivity contribution is -0.116. The Morgan fingerprint density at radius 3 is 2.72 bits per heavy atom. The van der Waals surface area contributed by atoms with Crippen molar-refractivity contribution in [2.45, 2.75) is 70.4 Å². The van der Waals surface area contributed by atoms with E-state index in [4.69, 9.17) is 4.74 Å². The molecule has 4 atom stereocenters. The molecule has 2 fully saturated rings. The molecule has 25 heavy (non-hydrogen) atoms. The minimum Gasteiger partial charge on any atom is -0.508 e. The van der Waals surface area contributed by atoms with Gasteiger partial charge in [-0.25, -0.2) is 4.79 Å². The summed E-state index contributed by atoms with van der Waals surface area (Å²) < 4.78 is 5.68. The number of phenols is 1. The fourth-order valence-electron chi connectivity index (χ4n) is 5.58. The van der Waals surface area contributed by atoms with Crippen molar-refractivity contribution in [2.24, 2.45) is 11.8 Å². The highest BCUT2D eigenvalue weighted by molar-refractivity contribution is 5.69. The normalized spacial score (nSPS) is 32.4. The molecule has 1 N–H and O–H groups in total. The van der Waals surface area contributed by atoms with Crippen LogP contribution in [0.4, 0.5) is 4.79 Å². The van der Waals surface area contributed by atoms with Crippen LogP contribution in [0, 0.1) is 11.8 Å². The Kier molecular flexibility index (Phi) is 3.61. The van der Waals surface area contributed by atoms with Gasteiger partial charge in [0, 0.05) is 18.0 Å². The van der Waals surface area contributed by atoms with Crippen LogP contribution in [0.25, 0.3) is 0 Å². The van der Waals surface area contributed by atoms with Gasteiger partial charge in [-0.1, -0.05) is 6.07 Å². The van der Waals surface area contributed by atoms with E-state index in [1.165, 1.54) is 30.4 Å². The Hall–Kier alpha value is -1.71. The number of nitrogens with zero attached hydrogens (tertiary/aromatic N) is 1. The number of carbonyl (C=O) groups excluding carboxylic acids is 1.